The van der Waals surface area contributed by atoms with E-state index in [1.54, 1.807) is 40.8 Å². The monoisotopic (exact) mass is 396 g/mol. The number of carbonyl (C=O) groups is 2. The summed E-state index contributed by atoms with van der Waals surface area (Å²) in [4.78, 5) is 37.1. The molecule has 0 aromatic carbocycles. The zero-order valence-electron chi connectivity index (χ0n) is 15.3. The van der Waals surface area contributed by atoms with Crippen LogP contribution < -0.4 is 0 Å². The molecule has 28 heavy (non-hydrogen) atoms. The normalized spacial score (nSPS) is 14.3. The summed E-state index contributed by atoms with van der Waals surface area (Å²) in [6.07, 6.45) is 6.05. The number of pyridine rings is 1. The van der Waals surface area contributed by atoms with Gasteiger partial charge in [0, 0.05) is 62.4 Å². The summed E-state index contributed by atoms with van der Waals surface area (Å²) >= 11 is 1.56. The highest BCUT2D eigenvalue weighted by Crippen LogP contribution is 2.22. The van der Waals surface area contributed by atoms with Crippen molar-refractivity contribution in [1.29, 1.82) is 0 Å². The molecular weight excluding hydrogens is 376 g/mol. The second-order valence-corrected chi connectivity index (χ2v) is 7.46. The maximum absolute atomic E-state index is 12.5. The molecule has 0 aliphatic carbocycles. The highest BCUT2D eigenvalue weighted by atomic mass is 32.1. The molecule has 1 saturated heterocycles. The Hall–Kier alpha value is -3.00. The van der Waals surface area contributed by atoms with E-state index in [1.807, 2.05) is 22.4 Å². The van der Waals surface area contributed by atoms with E-state index in [4.69, 9.17) is 4.42 Å². The molecule has 144 valence electrons. The third-order valence-corrected chi connectivity index (χ3v) is 5.62. The van der Waals surface area contributed by atoms with Gasteiger partial charge in [-0.2, -0.15) is 0 Å². The second kappa shape index (κ2) is 8.35. The molecule has 1 aliphatic rings. The predicted octanol–water partition coefficient (Wildman–Crippen LogP) is 2.72. The molecule has 7 nitrogen and oxygen atoms in total. The van der Waals surface area contributed by atoms with Gasteiger partial charge in [0.2, 0.25) is 5.91 Å². The number of aromatic nitrogens is 2. The summed E-state index contributed by atoms with van der Waals surface area (Å²) in [6, 6.07) is 7.22. The van der Waals surface area contributed by atoms with Crippen LogP contribution in [0.3, 0.4) is 0 Å². The van der Waals surface area contributed by atoms with Crippen molar-refractivity contribution in [3.63, 3.8) is 0 Å². The quantitative estimate of drug-likeness (QED) is 0.663. The number of carbonyl (C=O) groups excluding carboxylic acids is 2. The number of amides is 2. The van der Waals surface area contributed by atoms with E-state index < -0.39 is 0 Å². The van der Waals surface area contributed by atoms with Crippen LogP contribution in [0.15, 0.2) is 52.7 Å². The number of thiazole rings is 1. The summed E-state index contributed by atoms with van der Waals surface area (Å²) in [5.41, 5.74) is 1.87. The maximum atomic E-state index is 12.5. The van der Waals surface area contributed by atoms with Crippen molar-refractivity contribution in [2.45, 2.75) is 12.8 Å². The van der Waals surface area contributed by atoms with Crippen LogP contribution in [-0.2, 0) is 11.2 Å². The van der Waals surface area contributed by atoms with Crippen molar-refractivity contribution < 1.29 is 14.0 Å². The minimum Gasteiger partial charge on any atom is -0.459 e. The van der Waals surface area contributed by atoms with Gasteiger partial charge in [0.1, 0.15) is 0 Å². The summed E-state index contributed by atoms with van der Waals surface area (Å²) in [6.45, 7) is 2.13. The zero-order valence-corrected chi connectivity index (χ0v) is 16.1. The fourth-order valence-electron chi connectivity index (χ4n) is 3.16. The zero-order chi connectivity index (χ0) is 19.3. The van der Waals surface area contributed by atoms with Crippen molar-refractivity contribution in [3.8, 4) is 11.3 Å². The summed E-state index contributed by atoms with van der Waals surface area (Å²) in [5, 5.41) is 2.94. The van der Waals surface area contributed by atoms with Crippen LogP contribution in [0.25, 0.3) is 11.3 Å². The van der Waals surface area contributed by atoms with E-state index in [1.165, 1.54) is 6.26 Å². The molecule has 3 aromatic heterocycles. The Morgan fingerprint density at radius 2 is 1.93 bits per heavy atom. The lowest BCUT2D eigenvalue weighted by atomic mass is 10.2. The van der Waals surface area contributed by atoms with E-state index in [0.717, 1.165) is 16.3 Å². The number of rotatable bonds is 5. The first-order chi connectivity index (χ1) is 13.7. The molecule has 0 spiro atoms. The summed E-state index contributed by atoms with van der Waals surface area (Å²) < 4.78 is 5.16. The molecule has 0 atom stereocenters. The lowest BCUT2D eigenvalue weighted by Gasteiger charge is -2.34. The lowest BCUT2D eigenvalue weighted by Crippen LogP contribution is -2.50. The van der Waals surface area contributed by atoms with Crippen molar-refractivity contribution in [2.75, 3.05) is 26.2 Å². The summed E-state index contributed by atoms with van der Waals surface area (Å²) in [7, 11) is 0. The highest BCUT2D eigenvalue weighted by molar-refractivity contribution is 7.09. The molecule has 0 radical (unpaired) electrons. The smallest absolute Gasteiger partial charge is 0.289 e. The Balaban J connectivity index is 1.26. The number of hydrogen-bond donors (Lipinski definition) is 0. The highest BCUT2D eigenvalue weighted by Gasteiger charge is 2.25. The molecule has 0 saturated carbocycles. The molecule has 0 unspecified atom stereocenters. The molecule has 3 aromatic rings. The predicted molar refractivity (Wildman–Crippen MR) is 105 cm³/mol. The van der Waals surface area contributed by atoms with Crippen molar-refractivity contribution in [3.05, 3.63) is 59.1 Å². The van der Waals surface area contributed by atoms with Crippen LogP contribution in [0, 0.1) is 0 Å². The van der Waals surface area contributed by atoms with Gasteiger partial charge in [0.25, 0.3) is 5.91 Å². The van der Waals surface area contributed by atoms with Crippen LogP contribution in [0.4, 0.5) is 0 Å². The fourth-order valence-corrected chi connectivity index (χ4v) is 3.97. The minimum absolute atomic E-state index is 0.100. The number of piperazine rings is 1. The molecule has 0 N–H and O–H groups in total. The van der Waals surface area contributed by atoms with Gasteiger partial charge in [0.05, 0.1) is 17.0 Å². The van der Waals surface area contributed by atoms with Gasteiger partial charge in [0.15, 0.2) is 5.76 Å². The van der Waals surface area contributed by atoms with Crippen LogP contribution in [0.1, 0.15) is 22.0 Å². The first-order valence-corrected chi connectivity index (χ1v) is 10.0. The van der Waals surface area contributed by atoms with Crippen molar-refractivity contribution in [1.82, 2.24) is 19.8 Å². The largest absolute Gasteiger partial charge is 0.459 e. The standard InChI is InChI=1S/C20H20N4O3S/c25-19(6-5-18-22-16(14-28-18)15-3-1-7-21-13-15)23-8-10-24(11-9-23)20(26)17-4-2-12-27-17/h1-4,7,12-14H,5-6,8-11H2. The average molecular weight is 396 g/mol. The van der Waals surface area contributed by atoms with Gasteiger partial charge >= 0.3 is 0 Å². The topological polar surface area (TPSA) is 79.5 Å². The number of aryl methyl sites for hydroxylation is 1. The van der Waals surface area contributed by atoms with Gasteiger partial charge < -0.3 is 14.2 Å². The molecular formula is C20H20N4O3S. The van der Waals surface area contributed by atoms with Gasteiger partial charge in [-0.05, 0) is 24.3 Å². The van der Waals surface area contributed by atoms with Gasteiger partial charge in [-0.3, -0.25) is 14.6 Å². The molecule has 2 amide bonds. The number of nitrogens with zero attached hydrogens (tertiary/aromatic N) is 4. The number of hydrogen-bond acceptors (Lipinski definition) is 6. The van der Waals surface area contributed by atoms with E-state index in [0.29, 0.717) is 44.8 Å². The van der Waals surface area contributed by atoms with E-state index in [9.17, 15) is 9.59 Å². The van der Waals surface area contributed by atoms with E-state index in [-0.39, 0.29) is 11.8 Å². The fraction of sp³-hybridized carbons (Fsp3) is 0.300. The number of furan rings is 1. The minimum atomic E-state index is -0.122. The Morgan fingerprint density at radius 3 is 2.64 bits per heavy atom. The van der Waals surface area contributed by atoms with Crippen LogP contribution in [-0.4, -0.2) is 57.8 Å². The Labute approximate surface area is 166 Å². The van der Waals surface area contributed by atoms with Gasteiger partial charge in [-0.1, -0.05) is 0 Å². The average Bonchev–Trinajstić information content (AvgIpc) is 3.44. The summed E-state index contributed by atoms with van der Waals surface area (Å²) in [5.74, 6) is 0.319. The molecule has 8 heteroatoms. The Kier molecular flexibility index (Phi) is 5.48. The van der Waals surface area contributed by atoms with Gasteiger partial charge in [-0.25, -0.2) is 4.98 Å². The third kappa shape index (κ3) is 4.12. The SMILES string of the molecule is O=C(CCc1nc(-c2cccnc2)cs1)N1CCN(C(=O)c2ccco2)CC1. The Morgan fingerprint density at radius 1 is 1.11 bits per heavy atom. The first kappa shape index (κ1) is 18.4. The molecule has 4 heterocycles. The first-order valence-electron chi connectivity index (χ1n) is 9.16. The molecule has 1 fully saturated rings. The van der Waals surface area contributed by atoms with E-state index in [2.05, 4.69) is 9.97 Å². The molecule has 4 rings (SSSR count). The van der Waals surface area contributed by atoms with Crippen LogP contribution in [0.2, 0.25) is 0 Å². The van der Waals surface area contributed by atoms with Gasteiger partial charge in [-0.15, -0.1) is 11.3 Å². The van der Waals surface area contributed by atoms with Crippen molar-refractivity contribution in [2.24, 2.45) is 0 Å². The Bertz CT molecular complexity index is 932. The van der Waals surface area contributed by atoms with Crippen LogP contribution >= 0.6 is 11.3 Å². The lowest BCUT2D eigenvalue weighted by molar-refractivity contribution is -0.132. The molecule has 1 aliphatic heterocycles. The van der Waals surface area contributed by atoms with E-state index >= 15 is 0 Å². The second-order valence-electron chi connectivity index (χ2n) is 6.52. The van der Waals surface area contributed by atoms with Crippen LogP contribution in [0.5, 0.6) is 0 Å². The maximum Gasteiger partial charge on any atom is 0.289 e. The molecule has 0 bridgehead atoms. The third-order valence-electron chi connectivity index (χ3n) is 4.71. The van der Waals surface area contributed by atoms with Crippen molar-refractivity contribution >= 4 is 23.2 Å².